The molecule has 5 aromatic rings. The fourth-order valence-corrected chi connectivity index (χ4v) is 3.58. The molecular formula is C24H16N6. The maximum absolute atomic E-state index is 4.66. The molecule has 5 rings (SSSR count). The van der Waals surface area contributed by atoms with E-state index in [0.29, 0.717) is 5.82 Å². The minimum atomic E-state index is 0.388. The maximum atomic E-state index is 4.66. The molecule has 0 unspecified atom stereocenters. The molecule has 0 aliphatic carbocycles. The molecular weight excluding hydrogens is 372 g/mol. The number of hydrogen-bond acceptors (Lipinski definition) is 6. The van der Waals surface area contributed by atoms with E-state index in [1.54, 1.807) is 6.20 Å². The molecule has 6 heteroatoms. The van der Waals surface area contributed by atoms with Crippen molar-refractivity contribution in [2.24, 2.45) is 0 Å². The SMILES string of the molecule is c1ccc(-c2ccccc2-c2ccccc2-c2ncccc2-c2nnnnn2)cc1. The van der Waals surface area contributed by atoms with E-state index in [1.165, 1.54) is 0 Å². The Hall–Kier alpha value is -4.32. The van der Waals surface area contributed by atoms with Crippen molar-refractivity contribution in [3.8, 4) is 44.9 Å². The first-order chi connectivity index (χ1) is 14.9. The van der Waals surface area contributed by atoms with Crippen LogP contribution in [0.25, 0.3) is 44.9 Å². The Morgan fingerprint density at radius 2 is 1.00 bits per heavy atom. The molecule has 0 amide bonds. The smallest absolute Gasteiger partial charge is 0.209 e. The van der Waals surface area contributed by atoms with Gasteiger partial charge in [-0.3, -0.25) is 4.98 Å². The average Bonchev–Trinajstić information content (AvgIpc) is 2.85. The predicted molar refractivity (Wildman–Crippen MR) is 115 cm³/mol. The van der Waals surface area contributed by atoms with Crippen molar-refractivity contribution >= 4 is 0 Å². The van der Waals surface area contributed by atoms with E-state index >= 15 is 0 Å². The third-order valence-electron chi connectivity index (χ3n) is 4.89. The number of aromatic nitrogens is 6. The molecule has 0 saturated carbocycles. The summed E-state index contributed by atoms with van der Waals surface area (Å²) in [6.07, 6.45) is 1.76. The van der Waals surface area contributed by atoms with E-state index in [4.69, 9.17) is 0 Å². The van der Waals surface area contributed by atoms with Gasteiger partial charge in [-0.1, -0.05) is 78.9 Å². The summed E-state index contributed by atoms with van der Waals surface area (Å²) in [5, 5.41) is 18.8. The Morgan fingerprint density at radius 1 is 0.433 bits per heavy atom. The highest BCUT2D eigenvalue weighted by molar-refractivity contribution is 5.93. The van der Waals surface area contributed by atoms with Crippen molar-refractivity contribution in [3.63, 3.8) is 0 Å². The van der Waals surface area contributed by atoms with Gasteiger partial charge >= 0.3 is 0 Å². The first-order valence-electron chi connectivity index (χ1n) is 9.50. The molecule has 0 spiro atoms. The Labute approximate surface area is 173 Å². The van der Waals surface area contributed by atoms with Crippen LogP contribution in [0.1, 0.15) is 0 Å². The molecule has 0 N–H and O–H groups in total. The lowest BCUT2D eigenvalue weighted by Gasteiger charge is -2.15. The lowest BCUT2D eigenvalue weighted by molar-refractivity contribution is 0.687. The molecule has 0 fully saturated rings. The lowest BCUT2D eigenvalue weighted by Crippen LogP contribution is -2.01. The highest BCUT2D eigenvalue weighted by atomic mass is 15.5. The van der Waals surface area contributed by atoms with Crippen molar-refractivity contribution in [2.45, 2.75) is 0 Å². The average molecular weight is 388 g/mol. The molecule has 2 heterocycles. The van der Waals surface area contributed by atoms with Crippen LogP contribution in [-0.4, -0.2) is 30.8 Å². The quantitative estimate of drug-likeness (QED) is 0.443. The van der Waals surface area contributed by atoms with Gasteiger partial charge in [0.05, 0.1) is 5.69 Å². The van der Waals surface area contributed by atoms with Crippen LogP contribution in [0, 0.1) is 0 Å². The lowest BCUT2D eigenvalue weighted by atomic mass is 9.90. The van der Waals surface area contributed by atoms with Crippen LogP contribution in [0.15, 0.2) is 97.2 Å². The highest BCUT2D eigenvalue weighted by Crippen LogP contribution is 2.39. The normalized spacial score (nSPS) is 10.7. The van der Waals surface area contributed by atoms with E-state index in [2.05, 4.69) is 91.5 Å². The van der Waals surface area contributed by atoms with E-state index in [0.717, 1.165) is 39.1 Å². The first-order valence-corrected chi connectivity index (χ1v) is 9.50. The molecule has 6 nitrogen and oxygen atoms in total. The summed E-state index contributed by atoms with van der Waals surface area (Å²) in [7, 11) is 0. The van der Waals surface area contributed by atoms with Gasteiger partial charge < -0.3 is 0 Å². The summed E-state index contributed by atoms with van der Waals surface area (Å²) in [5.41, 5.74) is 7.03. The standard InChI is InChI=1S/C24H16N6/c1-2-9-17(10-3-1)18-11-4-5-12-19(18)20-13-6-7-14-21(20)23-22(15-8-16-25-23)24-26-28-30-29-27-24/h1-16H. The second-order valence-corrected chi connectivity index (χ2v) is 6.65. The van der Waals surface area contributed by atoms with Gasteiger partial charge in [0, 0.05) is 17.3 Å². The van der Waals surface area contributed by atoms with Crippen LogP contribution in [0.5, 0.6) is 0 Å². The number of pyridine rings is 1. The molecule has 30 heavy (non-hydrogen) atoms. The van der Waals surface area contributed by atoms with Crippen LogP contribution in [0.3, 0.4) is 0 Å². The molecule has 3 aromatic carbocycles. The van der Waals surface area contributed by atoms with Crippen molar-refractivity contribution in [1.82, 2.24) is 30.8 Å². The van der Waals surface area contributed by atoms with Crippen LogP contribution < -0.4 is 0 Å². The first kappa shape index (κ1) is 17.8. The fourth-order valence-electron chi connectivity index (χ4n) is 3.58. The largest absolute Gasteiger partial charge is 0.255 e. The summed E-state index contributed by atoms with van der Waals surface area (Å²) in [5.74, 6) is 0.388. The molecule has 0 aliphatic heterocycles. The Morgan fingerprint density at radius 3 is 1.73 bits per heavy atom. The number of nitrogens with zero attached hydrogens (tertiary/aromatic N) is 6. The van der Waals surface area contributed by atoms with E-state index in [-0.39, 0.29) is 0 Å². The van der Waals surface area contributed by atoms with Crippen molar-refractivity contribution in [3.05, 3.63) is 97.2 Å². The minimum absolute atomic E-state index is 0.388. The van der Waals surface area contributed by atoms with E-state index < -0.39 is 0 Å². The molecule has 2 aromatic heterocycles. The summed E-state index contributed by atoms with van der Waals surface area (Å²) < 4.78 is 0. The summed E-state index contributed by atoms with van der Waals surface area (Å²) >= 11 is 0. The molecule has 0 atom stereocenters. The van der Waals surface area contributed by atoms with Crippen molar-refractivity contribution in [1.29, 1.82) is 0 Å². The topological polar surface area (TPSA) is 77.3 Å². The molecule has 0 radical (unpaired) electrons. The van der Waals surface area contributed by atoms with Gasteiger partial charge in [0.15, 0.2) is 0 Å². The summed E-state index contributed by atoms with van der Waals surface area (Å²) in [6.45, 7) is 0. The van der Waals surface area contributed by atoms with Gasteiger partial charge in [0.1, 0.15) is 0 Å². The molecule has 0 aliphatic rings. The highest BCUT2D eigenvalue weighted by Gasteiger charge is 2.17. The van der Waals surface area contributed by atoms with Crippen molar-refractivity contribution < 1.29 is 0 Å². The van der Waals surface area contributed by atoms with Crippen molar-refractivity contribution in [2.75, 3.05) is 0 Å². The summed E-state index contributed by atoms with van der Waals surface area (Å²) in [4.78, 5) is 4.66. The second-order valence-electron chi connectivity index (χ2n) is 6.65. The van der Waals surface area contributed by atoms with Crippen LogP contribution in [0.4, 0.5) is 0 Å². The molecule has 0 saturated heterocycles. The van der Waals surface area contributed by atoms with Gasteiger partial charge in [0.25, 0.3) is 0 Å². The fraction of sp³-hybridized carbons (Fsp3) is 0. The Kier molecular flexibility index (Phi) is 4.72. The predicted octanol–water partition coefficient (Wildman–Crippen LogP) is 4.72. The van der Waals surface area contributed by atoms with Gasteiger partial charge in [-0.15, -0.1) is 10.2 Å². The third kappa shape index (κ3) is 3.31. The van der Waals surface area contributed by atoms with E-state index in [1.807, 2.05) is 30.3 Å². The molecule has 142 valence electrons. The van der Waals surface area contributed by atoms with Crippen LogP contribution in [-0.2, 0) is 0 Å². The Balaban J connectivity index is 1.73. The van der Waals surface area contributed by atoms with Gasteiger partial charge in [0.2, 0.25) is 5.82 Å². The minimum Gasteiger partial charge on any atom is -0.255 e. The van der Waals surface area contributed by atoms with Gasteiger partial charge in [-0.25, -0.2) is 0 Å². The zero-order valence-corrected chi connectivity index (χ0v) is 15.9. The summed E-state index contributed by atoms with van der Waals surface area (Å²) in [6, 6.07) is 30.7. The number of hydrogen-bond donors (Lipinski definition) is 0. The van der Waals surface area contributed by atoms with E-state index in [9.17, 15) is 0 Å². The van der Waals surface area contributed by atoms with Crippen LogP contribution in [0.2, 0.25) is 0 Å². The van der Waals surface area contributed by atoms with Crippen LogP contribution >= 0.6 is 0 Å². The monoisotopic (exact) mass is 388 g/mol. The second kappa shape index (κ2) is 7.97. The number of rotatable bonds is 4. The maximum Gasteiger partial charge on any atom is 0.209 e. The Bertz CT molecular complexity index is 1190. The van der Waals surface area contributed by atoms with Gasteiger partial charge in [-0.05, 0) is 50.0 Å². The van der Waals surface area contributed by atoms with Gasteiger partial charge in [-0.2, -0.15) is 0 Å². The molecule has 0 bridgehead atoms. The zero-order valence-electron chi connectivity index (χ0n) is 15.9. The zero-order chi connectivity index (χ0) is 20.2. The number of benzene rings is 3. The third-order valence-corrected chi connectivity index (χ3v) is 4.89.